The van der Waals surface area contributed by atoms with E-state index in [0.717, 1.165) is 89.4 Å². The van der Waals surface area contributed by atoms with E-state index in [4.69, 9.17) is 9.97 Å². The van der Waals surface area contributed by atoms with Crippen LogP contribution in [0.25, 0.3) is 79.2 Å². The first-order chi connectivity index (χ1) is 23.8. The van der Waals surface area contributed by atoms with E-state index < -0.39 is 0 Å². The molecule has 7 aromatic rings. The molecule has 2 aliphatic heterocycles. The smallest absolute Gasteiger partial charge is 0.0815 e. The summed E-state index contributed by atoms with van der Waals surface area (Å²) >= 11 is 0. The Balaban J connectivity index is 0.00000348. The number of aromatic nitrogens is 4. The molecule has 4 aromatic carbocycles. The van der Waals surface area contributed by atoms with Gasteiger partial charge in [-0.3, -0.25) is 0 Å². The van der Waals surface area contributed by atoms with Crippen LogP contribution in [0.2, 0.25) is 0 Å². The van der Waals surface area contributed by atoms with Gasteiger partial charge in [-0.1, -0.05) is 121 Å². The third-order valence-corrected chi connectivity index (χ3v) is 8.89. The molecule has 0 spiro atoms. The van der Waals surface area contributed by atoms with Gasteiger partial charge in [0, 0.05) is 38.8 Å². The third kappa shape index (κ3) is 5.69. The van der Waals surface area contributed by atoms with Crippen molar-refractivity contribution in [3.63, 3.8) is 0 Å². The Morgan fingerprint density at radius 2 is 0.898 bits per heavy atom. The third-order valence-electron chi connectivity index (χ3n) is 8.89. The van der Waals surface area contributed by atoms with Gasteiger partial charge in [0.05, 0.1) is 28.3 Å². The van der Waals surface area contributed by atoms with Gasteiger partial charge in [0.2, 0.25) is 0 Å². The van der Waals surface area contributed by atoms with Crippen LogP contribution in [0.5, 0.6) is 0 Å². The highest BCUT2D eigenvalue weighted by molar-refractivity contribution is 6.10. The van der Waals surface area contributed by atoms with E-state index in [9.17, 15) is 0 Å². The maximum atomic E-state index is 5.42. The van der Waals surface area contributed by atoms with Crippen LogP contribution in [-0.2, 0) is 0 Å². The van der Waals surface area contributed by atoms with E-state index in [1.165, 1.54) is 0 Å². The zero-order valence-corrected chi connectivity index (χ0v) is 27.3. The first-order valence-electron chi connectivity index (χ1n) is 16.2. The molecular formula is C44H31ClN4. The van der Waals surface area contributed by atoms with Gasteiger partial charge in [0.25, 0.3) is 0 Å². The highest BCUT2D eigenvalue weighted by Crippen LogP contribution is 2.45. The van der Waals surface area contributed by atoms with Crippen molar-refractivity contribution < 1.29 is 0 Å². The van der Waals surface area contributed by atoms with Crippen LogP contribution < -0.4 is 0 Å². The standard InChI is InChI=1S/C44H30N4.ClH/c1-5-13-29(14-6-1)38-27-37-26-35-22-21-33(45-35)25-34-23-24-36(46-34)28-39-40(30-15-7-2-8-16-30)41(31-17-9-3-10-18-31)44(48-39)42(43(38)47-37)32-19-11-4-12-20-32;/h1-28,45,48H;1H. The quantitative estimate of drug-likeness (QED) is 0.199. The van der Waals surface area contributed by atoms with Gasteiger partial charge in [-0.05, 0) is 70.8 Å². The summed E-state index contributed by atoms with van der Waals surface area (Å²) in [6, 6.07) is 53.0. The predicted molar refractivity (Wildman–Crippen MR) is 207 cm³/mol. The fourth-order valence-electron chi connectivity index (χ4n) is 6.78. The number of benzene rings is 4. The molecule has 0 amide bonds. The molecule has 0 aliphatic carbocycles. The van der Waals surface area contributed by atoms with Crippen molar-refractivity contribution >= 4 is 58.3 Å². The number of H-pyrrole nitrogens is 2. The van der Waals surface area contributed by atoms with E-state index >= 15 is 0 Å². The minimum absolute atomic E-state index is 0. The molecule has 0 fully saturated rings. The Morgan fingerprint density at radius 3 is 1.49 bits per heavy atom. The van der Waals surface area contributed by atoms with Crippen molar-refractivity contribution in [1.29, 1.82) is 0 Å². The molecule has 0 saturated heterocycles. The number of nitrogens with one attached hydrogen (secondary N) is 2. The summed E-state index contributed by atoms with van der Waals surface area (Å²) in [5, 5.41) is 0. The molecule has 0 saturated carbocycles. The minimum Gasteiger partial charge on any atom is -0.355 e. The molecule has 8 bridgehead atoms. The Labute approximate surface area is 290 Å². The average Bonchev–Trinajstić information content (AvgIpc) is 3.94. The van der Waals surface area contributed by atoms with E-state index in [-0.39, 0.29) is 12.4 Å². The lowest BCUT2D eigenvalue weighted by molar-refractivity contribution is 1.30. The lowest BCUT2D eigenvalue weighted by Crippen LogP contribution is -1.92. The second-order valence-corrected chi connectivity index (χ2v) is 12.0. The number of hydrogen-bond acceptors (Lipinski definition) is 2. The van der Waals surface area contributed by atoms with Crippen molar-refractivity contribution in [2.45, 2.75) is 0 Å². The summed E-state index contributed by atoms with van der Waals surface area (Å²) in [7, 11) is 0. The molecule has 5 heteroatoms. The second kappa shape index (κ2) is 12.8. The molecule has 4 nitrogen and oxygen atoms in total. The first-order valence-corrected chi connectivity index (χ1v) is 16.2. The molecule has 5 heterocycles. The molecule has 2 N–H and O–H groups in total. The van der Waals surface area contributed by atoms with Crippen LogP contribution in [0.1, 0.15) is 28.3 Å². The highest BCUT2D eigenvalue weighted by atomic mass is 35.5. The summed E-state index contributed by atoms with van der Waals surface area (Å²) in [6.45, 7) is 0. The van der Waals surface area contributed by atoms with Crippen LogP contribution in [0.15, 0.2) is 152 Å². The highest BCUT2D eigenvalue weighted by Gasteiger charge is 2.24. The van der Waals surface area contributed by atoms with E-state index in [0.29, 0.717) is 0 Å². The normalized spacial score (nSPS) is 12.0. The van der Waals surface area contributed by atoms with E-state index in [2.05, 4.69) is 180 Å². The predicted octanol–water partition coefficient (Wildman–Crippen LogP) is 11.5. The molecule has 0 radical (unpaired) electrons. The summed E-state index contributed by atoms with van der Waals surface area (Å²) in [5.74, 6) is 0. The Morgan fingerprint density at radius 1 is 0.408 bits per heavy atom. The number of nitrogens with zero attached hydrogens (tertiary/aromatic N) is 2. The Kier molecular flexibility index (Phi) is 7.84. The first kappa shape index (κ1) is 30.1. The van der Waals surface area contributed by atoms with Gasteiger partial charge in [-0.25, -0.2) is 9.97 Å². The lowest BCUT2D eigenvalue weighted by atomic mass is 9.91. The molecule has 0 atom stereocenters. The topological polar surface area (TPSA) is 57.4 Å². The number of aromatic amines is 2. The molecule has 2 aliphatic rings. The number of halogens is 1. The SMILES string of the molecule is C1=Cc2cc3[nH]c(c(-c4ccccc4)c4nc(cc5ccc(cc1n2)[nH]5)C=C4c1ccccc1)c(-c1ccccc1)c3-c1ccccc1.Cl. The zero-order valence-electron chi connectivity index (χ0n) is 26.5. The summed E-state index contributed by atoms with van der Waals surface area (Å²) in [4.78, 5) is 17.9. The molecule has 3 aromatic heterocycles. The fraction of sp³-hybridized carbons (Fsp3) is 0. The van der Waals surface area contributed by atoms with Crippen LogP contribution in [0.3, 0.4) is 0 Å². The maximum Gasteiger partial charge on any atom is 0.0815 e. The molecule has 234 valence electrons. The molecular weight excluding hydrogens is 620 g/mol. The van der Waals surface area contributed by atoms with Crippen LogP contribution in [0.4, 0.5) is 0 Å². The monoisotopic (exact) mass is 650 g/mol. The molecule has 0 unspecified atom stereocenters. The van der Waals surface area contributed by atoms with E-state index in [1.54, 1.807) is 0 Å². The zero-order chi connectivity index (χ0) is 31.9. The van der Waals surface area contributed by atoms with Crippen LogP contribution in [-0.4, -0.2) is 19.9 Å². The largest absolute Gasteiger partial charge is 0.355 e. The van der Waals surface area contributed by atoms with Crippen LogP contribution >= 0.6 is 12.4 Å². The van der Waals surface area contributed by atoms with Crippen molar-refractivity contribution in [1.82, 2.24) is 19.9 Å². The molecule has 9 rings (SSSR count). The van der Waals surface area contributed by atoms with Crippen molar-refractivity contribution in [2.75, 3.05) is 0 Å². The second-order valence-electron chi connectivity index (χ2n) is 12.0. The number of fused-ring (bicyclic) bond motifs is 8. The van der Waals surface area contributed by atoms with Gasteiger partial charge >= 0.3 is 0 Å². The van der Waals surface area contributed by atoms with Gasteiger partial charge in [0.1, 0.15) is 0 Å². The van der Waals surface area contributed by atoms with E-state index in [1.807, 2.05) is 0 Å². The average molecular weight is 651 g/mol. The van der Waals surface area contributed by atoms with Gasteiger partial charge < -0.3 is 9.97 Å². The Hall–Kier alpha value is -6.23. The summed E-state index contributed by atoms with van der Waals surface area (Å²) in [5.41, 5.74) is 16.3. The van der Waals surface area contributed by atoms with Crippen molar-refractivity contribution in [3.05, 3.63) is 180 Å². The number of hydrogen-bond donors (Lipinski definition) is 2. The van der Waals surface area contributed by atoms with Crippen molar-refractivity contribution in [3.8, 4) is 33.4 Å². The van der Waals surface area contributed by atoms with Gasteiger partial charge in [-0.2, -0.15) is 0 Å². The van der Waals surface area contributed by atoms with Gasteiger partial charge in [0.15, 0.2) is 0 Å². The summed E-state index contributed by atoms with van der Waals surface area (Å²) in [6.07, 6.45) is 6.35. The molecule has 49 heavy (non-hydrogen) atoms. The maximum absolute atomic E-state index is 5.42. The number of rotatable bonds is 4. The Bertz CT molecular complexity index is 2530. The minimum atomic E-state index is 0. The van der Waals surface area contributed by atoms with Crippen LogP contribution in [0, 0.1) is 0 Å². The summed E-state index contributed by atoms with van der Waals surface area (Å²) < 4.78 is 0. The lowest BCUT2D eigenvalue weighted by Gasteiger charge is -2.12. The van der Waals surface area contributed by atoms with Crippen molar-refractivity contribution in [2.24, 2.45) is 0 Å². The van der Waals surface area contributed by atoms with Gasteiger partial charge in [-0.15, -0.1) is 12.4 Å². The fourth-order valence-corrected chi connectivity index (χ4v) is 6.78.